The van der Waals surface area contributed by atoms with E-state index < -0.39 is 0 Å². The van der Waals surface area contributed by atoms with E-state index >= 15 is 0 Å². The molecule has 3 aromatic rings. The van der Waals surface area contributed by atoms with Crippen LogP contribution in [-0.2, 0) is 0 Å². The molecule has 2 aromatic carbocycles. The molecule has 4 heteroatoms. The molecule has 1 amide bonds. The summed E-state index contributed by atoms with van der Waals surface area (Å²) in [5.74, 6) is 1.52. The lowest BCUT2D eigenvalue weighted by atomic mass is 10.1. The van der Waals surface area contributed by atoms with E-state index in [2.05, 4.69) is 34.9 Å². The lowest BCUT2D eigenvalue weighted by Gasteiger charge is -2.06. The van der Waals surface area contributed by atoms with Gasteiger partial charge in [-0.25, -0.2) is 0 Å². The molecule has 0 radical (unpaired) electrons. The molecule has 2 aliphatic carbocycles. The molecule has 0 unspecified atom stereocenters. The van der Waals surface area contributed by atoms with E-state index in [0.717, 1.165) is 27.6 Å². The number of rotatable bonds is 7. The summed E-state index contributed by atoms with van der Waals surface area (Å²) >= 11 is 1.48. The van der Waals surface area contributed by atoms with E-state index in [-0.39, 0.29) is 5.91 Å². The third-order valence-electron chi connectivity index (χ3n) is 5.68. The van der Waals surface area contributed by atoms with E-state index in [4.69, 9.17) is 0 Å². The fourth-order valence-corrected chi connectivity index (χ4v) is 4.48. The number of nitrogens with one attached hydrogen (secondary N) is 2. The van der Waals surface area contributed by atoms with Crippen LogP contribution in [-0.4, -0.2) is 18.5 Å². The molecule has 1 heterocycles. The van der Waals surface area contributed by atoms with Gasteiger partial charge in [-0.3, -0.25) is 4.79 Å². The molecule has 0 aliphatic heterocycles. The van der Waals surface area contributed by atoms with Crippen molar-refractivity contribution in [1.82, 2.24) is 5.32 Å². The lowest BCUT2D eigenvalue weighted by Crippen LogP contribution is -2.20. The number of hydrogen-bond acceptors (Lipinski definition) is 3. The maximum atomic E-state index is 12.6. The average Bonchev–Trinajstić information content (AvgIpc) is 3.65. The summed E-state index contributed by atoms with van der Waals surface area (Å²) in [6.07, 6.45) is 4.03. The molecule has 2 saturated carbocycles. The van der Waals surface area contributed by atoms with Gasteiger partial charge in [0.25, 0.3) is 5.91 Å². The van der Waals surface area contributed by atoms with Crippen molar-refractivity contribution < 1.29 is 4.79 Å². The number of carbonyl (C=O) groups excluding carboxylic acids is 1. The van der Waals surface area contributed by atoms with Crippen LogP contribution in [0.4, 0.5) is 5.69 Å². The van der Waals surface area contributed by atoms with Crippen molar-refractivity contribution in [3.8, 4) is 11.1 Å². The first-order valence-corrected chi connectivity index (χ1v) is 10.9. The van der Waals surface area contributed by atoms with Crippen molar-refractivity contribution in [1.29, 1.82) is 0 Å². The second-order valence-corrected chi connectivity index (χ2v) is 8.85. The molecule has 0 bridgehead atoms. The predicted octanol–water partition coefficient (Wildman–Crippen LogP) is 5.52. The van der Waals surface area contributed by atoms with Gasteiger partial charge in [0, 0.05) is 17.6 Å². The van der Waals surface area contributed by atoms with Gasteiger partial charge in [0.05, 0.1) is 4.88 Å². The zero-order chi connectivity index (χ0) is 18.9. The largest absolute Gasteiger partial charge is 0.321 e. The van der Waals surface area contributed by atoms with E-state index in [1.54, 1.807) is 0 Å². The average molecular weight is 389 g/mol. The third kappa shape index (κ3) is 4.03. The smallest absolute Gasteiger partial charge is 0.265 e. The molecule has 1 aromatic heterocycles. The highest BCUT2D eigenvalue weighted by Gasteiger charge is 2.38. The zero-order valence-electron chi connectivity index (χ0n) is 15.7. The van der Waals surface area contributed by atoms with Gasteiger partial charge in [-0.15, -0.1) is 11.3 Å². The zero-order valence-corrected chi connectivity index (χ0v) is 16.5. The first-order valence-electron chi connectivity index (χ1n) is 10.0. The first-order chi connectivity index (χ1) is 13.8. The van der Waals surface area contributed by atoms with Gasteiger partial charge in [-0.05, 0) is 72.0 Å². The number of benzene rings is 2. The van der Waals surface area contributed by atoms with E-state index in [1.807, 2.05) is 41.8 Å². The van der Waals surface area contributed by atoms with Gasteiger partial charge in [0.2, 0.25) is 0 Å². The van der Waals surface area contributed by atoms with Gasteiger partial charge in [-0.1, -0.05) is 42.5 Å². The maximum absolute atomic E-state index is 12.6. The van der Waals surface area contributed by atoms with Crippen LogP contribution in [0.3, 0.4) is 0 Å². The maximum Gasteiger partial charge on any atom is 0.265 e. The second kappa shape index (κ2) is 7.53. The number of anilines is 1. The van der Waals surface area contributed by atoms with Crippen LogP contribution >= 0.6 is 11.3 Å². The Kier molecular flexibility index (Phi) is 4.75. The van der Waals surface area contributed by atoms with Gasteiger partial charge < -0.3 is 10.6 Å². The molecule has 2 atom stereocenters. The Hall–Kier alpha value is -2.43. The van der Waals surface area contributed by atoms with Gasteiger partial charge in [0.15, 0.2) is 0 Å². The van der Waals surface area contributed by atoms with Crippen LogP contribution in [0.25, 0.3) is 11.1 Å². The summed E-state index contributed by atoms with van der Waals surface area (Å²) in [7, 11) is 0. The van der Waals surface area contributed by atoms with Crippen LogP contribution in [0.5, 0.6) is 0 Å². The Bertz CT molecular complexity index is 960. The van der Waals surface area contributed by atoms with Crippen LogP contribution in [0.1, 0.15) is 40.4 Å². The van der Waals surface area contributed by atoms with Crippen molar-refractivity contribution in [2.24, 2.45) is 5.92 Å². The normalized spacial score (nSPS) is 20.7. The van der Waals surface area contributed by atoms with Gasteiger partial charge in [0.1, 0.15) is 0 Å². The summed E-state index contributed by atoms with van der Waals surface area (Å²) in [6, 6.07) is 21.1. The van der Waals surface area contributed by atoms with Crippen molar-refractivity contribution in [2.45, 2.75) is 31.2 Å². The van der Waals surface area contributed by atoms with Gasteiger partial charge in [-0.2, -0.15) is 0 Å². The van der Waals surface area contributed by atoms with Crippen molar-refractivity contribution in [3.05, 3.63) is 76.5 Å². The molecule has 2 N–H and O–H groups in total. The number of thiophene rings is 1. The molecule has 2 aliphatic rings. The standard InChI is InChI=1S/C24H24N2OS/c27-24(23-12-19(15-28-23)17-4-2-1-3-5-17)26-20-10-8-18(9-11-20)21-13-22(21)25-14-16-6-7-16/h1-5,8-12,15-16,21-22,25H,6-7,13-14H2,(H,26,27)/t21-,22+/m0/s1. The molecule has 142 valence electrons. The monoisotopic (exact) mass is 388 g/mol. The minimum atomic E-state index is -0.0460. The number of hydrogen-bond donors (Lipinski definition) is 2. The summed E-state index contributed by atoms with van der Waals surface area (Å²) in [4.78, 5) is 13.3. The quantitative estimate of drug-likeness (QED) is 0.559. The van der Waals surface area contributed by atoms with Crippen LogP contribution in [0.2, 0.25) is 0 Å². The van der Waals surface area contributed by atoms with Crippen LogP contribution in [0.15, 0.2) is 66.0 Å². The summed E-state index contributed by atoms with van der Waals surface area (Å²) in [5.41, 5.74) is 4.45. The Morgan fingerprint density at radius 3 is 2.54 bits per heavy atom. The highest BCUT2D eigenvalue weighted by Crippen LogP contribution is 2.42. The first kappa shape index (κ1) is 17.7. The highest BCUT2D eigenvalue weighted by atomic mass is 32.1. The fraction of sp³-hybridized carbons (Fsp3) is 0.292. The summed E-state index contributed by atoms with van der Waals surface area (Å²) in [5, 5.41) is 8.74. The van der Waals surface area contributed by atoms with Crippen molar-refractivity contribution >= 4 is 22.9 Å². The molecule has 28 heavy (non-hydrogen) atoms. The minimum absolute atomic E-state index is 0.0460. The van der Waals surface area contributed by atoms with Crippen molar-refractivity contribution in [3.63, 3.8) is 0 Å². The Labute approximate surface area is 169 Å². The highest BCUT2D eigenvalue weighted by molar-refractivity contribution is 7.12. The van der Waals surface area contributed by atoms with Gasteiger partial charge >= 0.3 is 0 Å². The van der Waals surface area contributed by atoms with E-state index in [0.29, 0.717) is 12.0 Å². The Morgan fingerprint density at radius 2 is 1.79 bits per heavy atom. The topological polar surface area (TPSA) is 41.1 Å². The SMILES string of the molecule is O=C(Nc1ccc([C@@H]2C[C@H]2NCC2CC2)cc1)c1cc(-c2ccccc2)cs1. The molecule has 3 nitrogen and oxygen atoms in total. The molecule has 2 fully saturated rings. The Morgan fingerprint density at radius 1 is 1.00 bits per heavy atom. The molecule has 0 saturated heterocycles. The van der Waals surface area contributed by atoms with E-state index in [9.17, 15) is 4.79 Å². The molecule has 0 spiro atoms. The summed E-state index contributed by atoms with van der Waals surface area (Å²) < 4.78 is 0. The Balaban J connectivity index is 1.18. The molecular formula is C24H24N2OS. The number of carbonyl (C=O) groups is 1. The summed E-state index contributed by atoms with van der Waals surface area (Å²) in [6.45, 7) is 1.18. The third-order valence-corrected chi connectivity index (χ3v) is 6.61. The van der Waals surface area contributed by atoms with Crippen molar-refractivity contribution in [2.75, 3.05) is 11.9 Å². The van der Waals surface area contributed by atoms with Crippen LogP contribution < -0.4 is 10.6 Å². The molecular weight excluding hydrogens is 364 g/mol. The fourth-order valence-electron chi connectivity index (χ4n) is 3.67. The lowest BCUT2D eigenvalue weighted by molar-refractivity contribution is 0.103. The molecule has 5 rings (SSSR count). The van der Waals surface area contributed by atoms with Crippen LogP contribution in [0, 0.1) is 5.92 Å². The predicted molar refractivity (Wildman–Crippen MR) is 116 cm³/mol. The number of amides is 1. The minimum Gasteiger partial charge on any atom is -0.321 e. The second-order valence-electron chi connectivity index (χ2n) is 7.94. The van der Waals surface area contributed by atoms with E-state index in [1.165, 1.54) is 42.7 Å².